The Labute approximate surface area is 488 Å². The number of rotatable bonds is 21. The van der Waals surface area contributed by atoms with Gasteiger partial charge < -0.3 is 35.4 Å². The Morgan fingerprint density at radius 1 is 0.927 bits per heavy atom. The molecule has 0 saturated carbocycles. The van der Waals surface area contributed by atoms with E-state index >= 15 is 4.39 Å². The van der Waals surface area contributed by atoms with Crippen LogP contribution in [0.1, 0.15) is 139 Å². The molecule has 428 valence electrons. The number of thiazole rings is 3. The highest BCUT2D eigenvalue weighted by atomic mass is 32.1. The predicted molar refractivity (Wildman–Crippen MR) is 319 cm³/mol. The minimum absolute atomic E-state index is 0.0128. The van der Waals surface area contributed by atoms with E-state index < -0.39 is 41.3 Å². The number of aryl methyl sites for hydroxylation is 2. The Balaban J connectivity index is 0.684. The van der Waals surface area contributed by atoms with Gasteiger partial charge in [-0.25, -0.2) is 24.1 Å². The van der Waals surface area contributed by atoms with E-state index in [1.165, 1.54) is 33.6 Å². The third kappa shape index (κ3) is 14.5. The average molecular weight is 1170 g/mol. The lowest BCUT2D eigenvalue weighted by Gasteiger charge is -2.35. The molecule has 2 aliphatic rings. The summed E-state index contributed by atoms with van der Waals surface area (Å²) in [5.41, 5.74) is 7.52. The number of nitrogens with zero attached hydrogens (tertiary/aromatic N) is 5. The fourth-order valence-corrected chi connectivity index (χ4v) is 13.0. The molecular formula is C62H67FN8O8S3. The lowest BCUT2D eigenvalue weighted by Crippen LogP contribution is -2.57. The van der Waals surface area contributed by atoms with Crippen molar-refractivity contribution in [3.8, 4) is 28.0 Å². The number of fused-ring (bicyclic) bond motifs is 2. The number of aromatic nitrogens is 3. The van der Waals surface area contributed by atoms with Crippen LogP contribution >= 0.6 is 34.0 Å². The summed E-state index contributed by atoms with van der Waals surface area (Å²) in [5.74, 6) is 3.33. The van der Waals surface area contributed by atoms with Gasteiger partial charge in [-0.1, -0.05) is 105 Å². The molecule has 0 spiro atoms. The van der Waals surface area contributed by atoms with Crippen LogP contribution in [0.3, 0.4) is 0 Å². The summed E-state index contributed by atoms with van der Waals surface area (Å²) in [6, 6.07) is 23.7. The zero-order valence-electron chi connectivity index (χ0n) is 46.6. The zero-order chi connectivity index (χ0) is 58.1. The first-order valence-corrected chi connectivity index (χ1v) is 30.2. The topological polar surface area (TPSA) is 216 Å². The molecule has 16 nitrogen and oxygen atoms in total. The molecule has 0 bridgehead atoms. The van der Waals surface area contributed by atoms with E-state index in [9.17, 15) is 34.2 Å². The van der Waals surface area contributed by atoms with Gasteiger partial charge in [-0.2, -0.15) is 0 Å². The second-order valence-electron chi connectivity index (χ2n) is 21.8. The highest BCUT2D eigenvalue weighted by molar-refractivity contribution is 7.22. The van der Waals surface area contributed by atoms with Gasteiger partial charge in [-0.05, 0) is 104 Å². The number of nitrogens with one attached hydrogen (secondary N) is 3. The molecule has 4 amide bonds. The number of carboxylic acid groups (broad SMARTS) is 1. The lowest BCUT2D eigenvalue weighted by molar-refractivity contribution is -0.144. The number of carbonyl (C=O) groups excluding carboxylic acids is 4. The number of amides is 4. The van der Waals surface area contributed by atoms with Gasteiger partial charge in [0.05, 0.1) is 50.6 Å². The van der Waals surface area contributed by atoms with Crippen LogP contribution in [0.4, 0.5) is 14.7 Å². The van der Waals surface area contributed by atoms with E-state index in [0.717, 1.165) is 62.3 Å². The molecule has 7 aromatic rings. The van der Waals surface area contributed by atoms with E-state index in [1.54, 1.807) is 29.5 Å². The van der Waals surface area contributed by atoms with Crippen LogP contribution in [0.15, 0.2) is 90.4 Å². The summed E-state index contributed by atoms with van der Waals surface area (Å²) in [4.78, 5) is 85.5. The Bertz CT molecular complexity index is 3490. The molecule has 0 aliphatic carbocycles. The van der Waals surface area contributed by atoms with Crippen molar-refractivity contribution in [3.05, 3.63) is 140 Å². The van der Waals surface area contributed by atoms with E-state index in [0.29, 0.717) is 71.6 Å². The Morgan fingerprint density at radius 3 is 2.46 bits per heavy atom. The number of benzene rings is 4. The Morgan fingerprint density at radius 2 is 1.72 bits per heavy atom. The van der Waals surface area contributed by atoms with Gasteiger partial charge in [0.25, 0.3) is 5.91 Å². The second kappa shape index (κ2) is 26.6. The SMILES string of the molecule is Cc1ncsc1-c1ccc([C@@H](C)NC(=O)[C@@H]2C[C@@H](O)CN2C(=O)[C@@H](NC(=O)CCCCCCC#Cc2ccc(OCCCc3sc(N4CCc5cccc(C(=O)Nc6nc7ccccc7s6)c5C4)nc3C(=O)O)cc2F)C(C)(C)C)cc1. The van der Waals surface area contributed by atoms with Gasteiger partial charge in [-0.15, -0.1) is 22.7 Å². The first-order chi connectivity index (χ1) is 39.4. The van der Waals surface area contributed by atoms with Crippen molar-refractivity contribution in [1.82, 2.24) is 30.5 Å². The number of β-amino-alcohol motifs (C(OH)–C–C–N with tert-alkyl or cyclic N) is 1. The summed E-state index contributed by atoms with van der Waals surface area (Å²) in [7, 11) is 0. The third-order valence-corrected chi connectivity index (χ3v) is 17.8. The molecule has 4 atom stereocenters. The summed E-state index contributed by atoms with van der Waals surface area (Å²) < 4.78 is 22.0. The molecule has 0 radical (unpaired) electrons. The first-order valence-electron chi connectivity index (χ1n) is 27.7. The van der Waals surface area contributed by atoms with Crippen LogP contribution in [-0.2, 0) is 33.8 Å². The number of aliphatic hydroxyl groups is 1. The average Bonchev–Trinajstić information content (AvgIpc) is 4.40. The van der Waals surface area contributed by atoms with Crippen LogP contribution in [0.5, 0.6) is 5.75 Å². The number of para-hydroxylation sites is 1. The number of hydrogen-bond acceptors (Lipinski definition) is 14. The number of carbonyl (C=O) groups is 5. The van der Waals surface area contributed by atoms with Gasteiger partial charge >= 0.3 is 5.97 Å². The molecule has 5 heterocycles. The standard InChI is InChI=1S/C62H67FN8O8S3/c1-37(39-23-25-42(26-24-39)54-38(2)64-36-80-54)65-57(75)49-32-43(72)34-71(49)58(76)55(62(3,4)5)67-52(73)22-11-9-7-6-8-10-16-41-27-28-44(33-47(41)63)79-31-15-21-51-53(59(77)78)68-61(82-51)70-30-29-40-17-14-18-45(46(40)35-70)56(74)69-60-66-48-19-12-13-20-50(48)81-60/h12-14,17-20,23-28,33,36-37,43,49,55,72H,6-9,11,15,21-22,29-32,34-35H2,1-5H3,(H,65,75)(H,67,73)(H,77,78)(H,66,69,74)/t37-,43-,49+,55-/m1/s1. The van der Waals surface area contributed by atoms with Gasteiger partial charge in [0.15, 0.2) is 16.0 Å². The van der Waals surface area contributed by atoms with Crippen molar-refractivity contribution in [2.24, 2.45) is 5.41 Å². The van der Waals surface area contributed by atoms with Gasteiger partial charge in [0, 0.05) is 55.4 Å². The van der Waals surface area contributed by atoms with Crippen molar-refractivity contribution in [1.29, 1.82) is 0 Å². The predicted octanol–water partition coefficient (Wildman–Crippen LogP) is 10.9. The van der Waals surface area contributed by atoms with Gasteiger partial charge in [0.1, 0.15) is 23.7 Å². The molecule has 3 aromatic heterocycles. The number of aromatic carboxylic acids is 1. The normalized spacial score (nSPS) is 15.7. The molecule has 1 fully saturated rings. The molecule has 5 N–H and O–H groups in total. The molecule has 9 rings (SSSR count). The molecule has 82 heavy (non-hydrogen) atoms. The third-order valence-electron chi connectivity index (χ3n) is 14.7. The van der Waals surface area contributed by atoms with Crippen LogP contribution in [0.25, 0.3) is 20.7 Å². The minimum Gasteiger partial charge on any atom is -0.493 e. The van der Waals surface area contributed by atoms with E-state index in [-0.39, 0.29) is 61.0 Å². The van der Waals surface area contributed by atoms with Crippen molar-refractivity contribution in [2.45, 2.75) is 130 Å². The minimum atomic E-state index is -1.13. The highest BCUT2D eigenvalue weighted by Gasteiger charge is 2.45. The monoisotopic (exact) mass is 1170 g/mol. The number of hydrogen-bond donors (Lipinski definition) is 5. The number of halogens is 1. The largest absolute Gasteiger partial charge is 0.493 e. The van der Waals surface area contributed by atoms with Crippen molar-refractivity contribution in [3.63, 3.8) is 0 Å². The van der Waals surface area contributed by atoms with Crippen molar-refractivity contribution >= 4 is 84.1 Å². The van der Waals surface area contributed by atoms with E-state index in [4.69, 9.17) is 4.74 Å². The van der Waals surface area contributed by atoms with Gasteiger partial charge in [-0.3, -0.25) is 24.5 Å². The van der Waals surface area contributed by atoms with Crippen LogP contribution in [-0.4, -0.2) is 97.5 Å². The van der Waals surface area contributed by atoms with Crippen molar-refractivity contribution in [2.75, 3.05) is 29.9 Å². The number of carboxylic acids is 1. The molecule has 20 heteroatoms. The maximum atomic E-state index is 15.2. The van der Waals surface area contributed by atoms with Gasteiger partial charge in [0.2, 0.25) is 17.7 Å². The number of unbranched alkanes of at least 4 members (excludes halogenated alkanes) is 4. The van der Waals surface area contributed by atoms with Crippen LogP contribution in [0, 0.1) is 30.0 Å². The van der Waals surface area contributed by atoms with E-state index in [1.807, 2.05) is 106 Å². The number of anilines is 2. The second-order valence-corrected chi connectivity index (χ2v) is 24.8. The molecular weight excluding hydrogens is 1100 g/mol. The summed E-state index contributed by atoms with van der Waals surface area (Å²) in [6.45, 7) is 10.6. The molecule has 4 aromatic carbocycles. The van der Waals surface area contributed by atoms with Crippen LogP contribution < -0.4 is 25.6 Å². The van der Waals surface area contributed by atoms with Crippen molar-refractivity contribution < 1.29 is 43.3 Å². The lowest BCUT2D eigenvalue weighted by atomic mass is 9.85. The fraction of sp³-hybridized carbons (Fsp3) is 0.387. The summed E-state index contributed by atoms with van der Waals surface area (Å²) >= 11 is 4.29. The summed E-state index contributed by atoms with van der Waals surface area (Å²) in [5, 5.41) is 30.8. The smallest absolute Gasteiger partial charge is 0.355 e. The molecule has 0 unspecified atom stereocenters. The molecule has 2 aliphatic heterocycles. The Kier molecular flexibility index (Phi) is 19.1. The summed E-state index contributed by atoms with van der Waals surface area (Å²) in [6.07, 6.45) is 4.36. The fourth-order valence-electron chi connectivity index (χ4n) is 10.2. The number of aliphatic hydroxyl groups excluding tert-OH is 1. The quantitative estimate of drug-likeness (QED) is 0.0336. The highest BCUT2D eigenvalue weighted by Crippen LogP contribution is 2.35. The first kappa shape index (κ1) is 59.1. The zero-order valence-corrected chi connectivity index (χ0v) is 49.0. The maximum absolute atomic E-state index is 15.2. The Hall–Kier alpha value is -7.57. The number of ether oxygens (including phenoxy) is 1. The van der Waals surface area contributed by atoms with E-state index in [2.05, 4.69) is 42.7 Å². The van der Waals surface area contributed by atoms with Crippen LogP contribution in [0.2, 0.25) is 0 Å². The molecule has 1 saturated heterocycles. The maximum Gasteiger partial charge on any atom is 0.355 e. The number of likely N-dealkylation sites (tertiary alicyclic amines) is 1.